The van der Waals surface area contributed by atoms with Gasteiger partial charge in [0.15, 0.2) is 0 Å². The zero-order valence-electron chi connectivity index (χ0n) is 12.6. The van der Waals surface area contributed by atoms with Crippen molar-refractivity contribution < 1.29 is 0 Å². The molecule has 2 heterocycles. The van der Waals surface area contributed by atoms with Crippen LogP contribution in [0.2, 0.25) is 0 Å². The third-order valence-electron chi connectivity index (χ3n) is 3.83. The van der Waals surface area contributed by atoms with Crippen molar-refractivity contribution in [3.05, 3.63) is 36.4 Å². The Balaban J connectivity index is 1.94. The zero-order chi connectivity index (χ0) is 14.7. The number of aromatic nitrogens is 2. The molecule has 0 bridgehead atoms. The number of hydrogen-bond donors (Lipinski definition) is 1. The molecule has 1 aliphatic heterocycles. The molecule has 5 nitrogen and oxygen atoms in total. The van der Waals surface area contributed by atoms with Crippen molar-refractivity contribution in [3.8, 4) is 11.3 Å². The van der Waals surface area contributed by atoms with E-state index in [0.717, 1.165) is 49.2 Å². The standard InChI is InChI=1S/C16H21N5/c1-17-15-12-14(13-6-4-3-5-7-13)18-16(19-15)21-10-8-20(2)9-11-21/h3-7,12H,8-11H2,1-2H3,(H,17,18,19). The summed E-state index contributed by atoms with van der Waals surface area (Å²) in [6, 6.07) is 12.2. The van der Waals surface area contributed by atoms with Gasteiger partial charge in [-0.1, -0.05) is 30.3 Å². The van der Waals surface area contributed by atoms with E-state index in [1.165, 1.54) is 0 Å². The summed E-state index contributed by atoms with van der Waals surface area (Å²) < 4.78 is 0. The topological polar surface area (TPSA) is 44.3 Å². The molecule has 0 radical (unpaired) electrons. The second-order valence-electron chi connectivity index (χ2n) is 5.34. The maximum atomic E-state index is 4.76. The van der Waals surface area contributed by atoms with Crippen molar-refractivity contribution in [2.45, 2.75) is 0 Å². The average molecular weight is 283 g/mol. The fourth-order valence-corrected chi connectivity index (χ4v) is 2.47. The Bertz CT molecular complexity index is 591. The highest BCUT2D eigenvalue weighted by molar-refractivity contribution is 5.64. The van der Waals surface area contributed by atoms with Crippen molar-refractivity contribution in [2.24, 2.45) is 0 Å². The summed E-state index contributed by atoms with van der Waals surface area (Å²) in [6.07, 6.45) is 0. The molecule has 1 fully saturated rings. The van der Waals surface area contributed by atoms with Crippen LogP contribution < -0.4 is 10.2 Å². The van der Waals surface area contributed by atoms with Gasteiger partial charge in [-0.15, -0.1) is 0 Å². The summed E-state index contributed by atoms with van der Waals surface area (Å²) in [4.78, 5) is 14.0. The van der Waals surface area contributed by atoms with Gasteiger partial charge in [-0.3, -0.25) is 0 Å². The van der Waals surface area contributed by atoms with Gasteiger partial charge in [0.25, 0.3) is 0 Å². The quantitative estimate of drug-likeness (QED) is 0.932. The molecule has 1 aliphatic rings. The van der Waals surface area contributed by atoms with E-state index in [0.29, 0.717) is 0 Å². The Morgan fingerprint density at radius 1 is 1.00 bits per heavy atom. The van der Waals surface area contributed by atoms with E-state index in [1.54, 1.807) is 0 Å². The van der Waals surface area contributed by atoms with Crippen LogP contribution in [0.1, 0.15) is 0 Å². The van der Waals surface area contributed by atoms with E-state index >= 15 is 0 Å². The van der Waals surface area contributed by atoms with Gasteiger partial charge in [-0.2, -0.15) is 4.98 Å². The second-order valence-corrected chi connectivity index (χ2v) is 5.34. The summed E-state index contributed by atoms with van der Waals surface area (Å²) in [7, 11) is 4.04. The predicted molar refractivity (Wildman–Crippen MR) is 86.7 cm³/mol. The van der Waals surface area contributed by atoms with Crippen LogP contribution in [0.15, 0.2) is 36.4 Å². The zero-order valence-corrected chi connectivity index (χ0v) is 12.6. The summed E-state index contributed by atoms with van der Waals surface area (Å²) in [5, 5.41) is 3.14. The summed E-state index contributed by atoms with van der Waals surface area (Å²) in [5.41, 5.74) is 2.08. The Hall–Kier alpha value is -2.14. The molecule has 1 aromatic carbocycles. The van der Waals surface area contributed by atoms with E-state index in [4.69, 9.17) is 4.98 Å². The normalized spacial score (nSPS) is 16.0. The van der Waals surface area contributed by atoms with Crippen molar-refractivity contribution >= 4 is 11.8 Å². The molecule has 0 atom stereocenters. The van der Waals surface area contributed by atoms with Crippen LogP contribution >= 0.6 is 0 Å². The lowest BCUT2D eigenvalue weighted by atomic mass is 10.1. The van der Waals surface area contributed by atoms with Gasteiger partial charge in [0.2, 0.25) is 5.95 Å². The van der Waals surface area contributed by atoms with Crippen molar-refractivity contribution in [3.63, 3.8) is 0 Å². The van der Waals surface area contributed by atoms with Gasteiger partial charge >= 0.3 is 0 Å². The van der Waals surface area contributed by atoms with Gasteiger partial charge in [0, 0.05) is 44.9 Å². The molecule has 1 saturated heterocycles. The van der Waals surface area contributed by atoms with Crippen LogP contribution in [0.25, 0.3) is 11.3 Å². The first-order valence-electron chi connectivity index (χ1n) is 7.32. The van der Waals surface area contributed by atoms with Crippen LogP contribution in [0.4, 0.5) is 11.8 Å². The van der Waals surface area contributed by atoms with Gasteiger partial charge < -0.3 is 15.1 Å². The lowest BCUT2D eigenvalue weighted by Gasteiger charge is -2.32. The van der Waals surface area contributed by atoms with E-state index in [-0.39, 0.29) is 0 Å². The van der Waals surface area contributed by atoms with Crippen molar-refractivity contribution in [1.29, 1.82) is 0 Å². The number of benzene rings is 1. The monoisotopic (exact) mass is 283 g/mol. The van der Waals surface area contributed by atoms with Crippen molar-refractivity contribution in [1.82, 2.24) is 14.9 Å². The molecule has 1 N–H and O–H groups in total. The number of piperazine rings is 1. The molecule has 0 spiro atoms. The fourth-order valence-electron chi connectivity index (χ4n) is 2.47. The molecule has 110 valence electrons. The lowest BCUT2D eigenvalue weighted by molar-refractivity contribution is 0.311. The summed E-state index contributed by atoms with van der Waals surface area (Å²) in [6.45, 7) is 4.04. The first kappa shape index (κ1) is 13.8. The van der Waals surface area contributed by atoms with Crippen LogP contribution in [-0.4, -0.2) is 55.1 Å². The Labute approximate surface area is 125 Å². The number of rotatable bonds is 3. The molecular formula is C16H21N5. The van der Waals surface area contributed by atoms with E-state index in [2.05, 4.69) is 39.3 Å². The first-order chi connectivity index (χ1) is 10.3. The Morgan fingerprint density at radius 2 is 1.71 bits per heavy atom. The first-order valence-corrected chi connectivity index (χ1v) is 7.32. The van der Waals surface area contributed by atoms with E-state index in [9.17, 15) is 0 Å². The number of hydrogen-bond acceptors (Lipinski definition) is 5. The third kappa shape index (κ3) is 3.13. The number of nitrogens with zero attached hydrogens (tertiary/aromatic N) is 4. The maximum Gasteiger partial charge on any atom is 0.227 e. The lowest BCUT2D eigenvalue weighted by Crippen LogP contribution is -2.45. The Kier molecular flexibility index (Phi) is 4.01. The molecule has 0 saturated carbocycles. The van der Waals surface area contributed by atoms with Crippen molar-refractivity contribution in [2.75, 3.05) is 50.5 Å². The largest absolute Gasteiger partial charge is 0.373 e. The van der Waals surface area contributed by atoms with Crippen LogP contribution in [0, 0.1) is 0 Å². The summed E-state index contributed by atoms with van der Waals surface area (Å²) >= 11 is 0. The minimum absolute atomic E-state index is 0.814. The SMILES string of the molecule is CNc1cc(-c2ccccc2)nc(N2CCN(C)CC2)n1. The molecule has 0 aliphatic carbocycles. The minimum atomic E-state index is 0.814. The number of anilines is 2. The van der Waals surface area contributed by atoms with Gasteiger partial charge in [-0.25, -0.2) is 4.98 Å². The maximum absolute atomic E-state index is 4.76. The molecule has 3 rings (SSSR count). The van der Waals surface area contributed by atoms with Gasteiger partial charge in [0.1, 0.15) is 5.82 Å². The highest BCUT2D eigenvalue weighted by Crippen LogP contribution is 2.23. The van der Waals surface area contributed by atoms with E-state index in [1.807, 2.05) is 31.3 Å². The second kappa shape index (κ2) is 6.10. The third-order valence-corrected chi connectivity index (χ3v) is 3.83. The van der Waals surface area contributed by atoms with Gasteiger partial charge in [0.05, 0.1) is 5.69 Å². The molecule has 5 heteroatoms. The van der Waals surface area contributed by atoms with Crippen LogP contribution in [-0.2, 0) is 0 Å². The number of nitrogens with one attached hydrogen (secondary N) is 1. The molecule has 2 aromatic rings. The Morgan fingerprint density at radius 3 is 2.38 bits per heavy atom. The summed E-state index contributed by atoms with van der Waals surface area (Å²) in [5.74, 6) is 1.67. The van der Waals surface area contributed by atoms with Gasteiger partial charge in [-0.05, 0) is 7.05 Å². The highest BCUT2D eigenvalue weighted by atomic mass is 15.3. The van der Waals surface area contributed by atoms with Crippen LogP contribution in [0.5, 0.6) is 0 Å². The molecule has 0 unspecified atom stereocenters. The molecule has 1 aromatic heterocycles. The molecular weight excluding hydrogens is 262 g/mol. The molecule has 21 heavy (non-hydrogen) atoms. The highest BCUT2D eigenvalue weighted by Gasteiger charge is 2.18. The minimum Gasteiger partial charge on any atom is -0.373 e. The predicted octanol–water partition coefficient (Wildman–Crippen LogP) is 1.94. The smallest absolute Gasteiger partial charge is 0.227 e. The van der Waals surface area contributed by atoms with Crippen LogP contribution in [0.3, 0.4) is 0 Å². The molecule has 0 amide bonds. The number of likely N-dealkylation sites (N-methyl/N-ethyl adjacent to an activating group) is 1. The fraction of sp³-hybridized carbons (Fsp3) is 0.375. The van der Waals surface area contributed by atoms with E-state index < -0.39 is 0 Å². The average Bonchev–Trinajstić information content (AvgIpc) is 2.56.